The van der Waals surface area contributed by atoms with Crippen LogP contribution in [0.25, 0.3) is 0 Å². The number of benzene rings is 1. The average Bonchev–Trinajstić information content (AvgIpc) is 2.47. The van der Waals surface area contributed by atoms with Gasteiger partial charge in [0, 0.05) is 13.1 Å². The Morgan fingerprint density at radius 1 is 1.35 bits per heavy atom. The van der Waals surface area contributed by atoms with Crippen molar-refractivity contribution in [1.82, 2.24) is 10.6 Å². The quantitative estimate of drug-likeness (QED) is 0.847. The number of carbonyl (C=O) groups excluding carboxylic acids is 2. The Morgan fingerprint density at radius 3 is 2.60 bits per heavy atom. The van der Waals surface area contributed by atoms with E-state index in [1.54, 1.807) is 6.07 Å². The molecule has 1 aromatic rings. The Balaban J connectivity index is 2.80. The fourth-order valence-corrected chi connectivity index (χ4v) is 1.35. The molecule has 3 amide bonds. The maximum absolute atomic E-state index is 11.6. The number of hydrogen-bond donors (Lipinski definition) is 2. The van der Waals surface area contributed by atoms with Crippen LogP contribution in [0.1, 0.15) is 12.5 Å². The van der Waals surface area contributed by atoms with Crippen molar-refractivity contribution in [3.8, 4) is 17.6 Å². The van der Waals surface area contributed by atoms with Crippen LogP contribution in [-0.4, -0.2) is 32.2 Å². The molecule has 0 aliphatic carbocycles. The van der Waals surface area contributed by atoms with Crippen LogP contribution in [0, 0.1) is 11.3 Å². The number of nitriles is 1. The second-order valence-electron chi connectivity index (χ2n) is 3.81. The van der Waals surface area contributed by atoms with E-state index in [0.29, 0.717) is 17.1 Å². The number of ether oxygens (including phenoxy) is 2. The van der Waals surface area contributed by atoms with E-state index in [-0.39, 0.29) is 0 Å². The first-order chi connectivity index (χ1) is 9.51. The summed E-state index contributed by atoms with van der Waals surface area (Å²) >= 11 is 0. The summed E-state index contributed by atoms with van der Waals surface area (Å²) in [5, 5.41) is 13.2. The third-order valence-corrected chi connectivity index (χ3v) is 2.43. The molecule has 0 heterocycles. The van der Waals surface area contributed by atoms with E-state index in [1.165, 1.54) is 33.2 Å². The van der Waals surface area contributed by atoms with Crippen LogP contribution in [0.4, 0.5) is 4.79 Å². The van der Waals surface area contributed by atoms with Crippen molar-refractivity contribution in [3.05, 3.63) is 23.8 Å². The lowest BCUT2D eigenvalue weighted by molar-refractivity contribution is -0.126. The molecular weight excluding hydrogens is 262 g/mol. The van der Waals surface area contributed by atoms with E-state index in [0.717, 1.165) is 0 Å². The van der Waals surface area contributed by atoms with Gasteiger partial charge >= 0.3 is 6.03 Å². The molecule has 0 saturated carbocycles. The summed E-state index contributed by atoms with van der Waals surface area (Å²) in [5.74, 6) is 0.0606. The van der Waals surface area contributed by atoms with E-state index in [1.807, 2.05) is 6.07 Å². The highest BCUT2D eigenvalue weighted by Gasteiger charge is 2.18. The fourth-order valence-electron chi connectivity index (χ4n) is 1.35. The predicted octanol–water partition coefficient (Wildman–Crippen LogP) is 0.790. The maximum Gasteiger partial charge on any atom is 0.321 e. The average molecular weight is 277 g/mol. The summed E-state index contributed by atoms with van der Waals surface area (Å²) in [7, 11) is 2.83. The summed E-state index contributed by atoms with van der Waals surface area (Å²) in [6.45, 7) is 1.50. The van der Waals surface area contributed by atoms with Crippen molar-refractivity contribution in [1.29, 1.82) is 5.26 Å². The van der Waals surface area contributed by atoms with Crippen LogP contribution in [0.5, 0.6) is 11.5 Å². The number of rotatable bonds is 4. The van der Waals surface area contributed by atoms with E-state index in [2.05, 4.69) is 10.6 Å². The van der Waals surface area contributed by atoms with Crippen LogP contribution in [0.15, 0.2) is 18.2 Å². The van der Waals surface area contributed by atoms with E-state index >= 15 is 0 Å². The highest BCUT2D eigenvalue weighted by molar-refractivity contribution is 5.96. The molecule has 0 saturated heterocycles. The van der Waals surface area contributed by atoms with Crippen LogP contribution >= 0.6 is 0 Å². The van der Waals surface area contributed by atoms with Gasteiger partial charge in [-0.2, -0.15) is 5.26 Å². The second kappa shape index (κ2) is 6.99. The predicted molar refractivity (Wildman–Crippen MR) is 70.4 cm³/mol. The summed E-state index contributed by atoms with van der Waals surface area (Å²) in [6.07, 6.45) is -0.894. The lowest BCUT2D eigenvalue weighted by atomic mass is 10.2. The van der Waals surface area contributed by atoms with Crippen molar-refractivity contribution in [3.63, 3.8) is 0 Å². The minimum Gasteiger partial charge on any atom is -0.493 e. The molecule has 20 heavy (non-hydrogen) atoms. The van der Waals surface area contributed by atoms with Crippen molar-refractivity contribution in [2.75, 3.05) is 14.2 Å². The molecule has 1 rings (SSSR count). The molecule has 1 aromatic carbocycles. The molecule has 0 bridgehead atoms. The molecule has 0 aliphatic rings. The van der Waals surface area contributed by atoms with Crippen molar-refractivity contribution in [2.24, 2.45) is 0 Å². The number of imide groups is 1. The monoisotopic (exact) mass is 277 g/mol. The van der Waals surface area contributed by atoms with Crippen molar-refractivity contribution < 1.29 is 19.1 Å². The zero-order valence-electron chi connectivity index (χ0n) is 11.4. The van der Waals surface area contributed by atoms with Gasteiger partial charge in [0.2, 0.25) is 0 Å². The zero-order valence-corrected chi connectivity index (χ0v) is 11.4. The first kappa shape index (κ1) is 15.3. The second-order valence-corrected chi connectivity index (χ2v) is 3.81. The summed E-state index contributed by atoms with van der Waals surface area (Å²) in [5.41, 5.74) is 0.414. The number of amides is 3. The van der Waals surface area contributed by atoms with Gasteiger partial charge in [-0.25, -0.2) is 4.79 Å². The van der Waals surface area contributed by atoms with Crippen LogP contribution in [-0.2, 0) is 4.79 Å². The van der Waals surface area contributed by atoms with E-state index in [9.17, 15) is 9.59 Å². The van der Waals surface area contributed by atoms with Crippen molar-refractivity contribution in [2.45, 2.75) is 13.0 Å². The van der Waals surface area contributed by atoms with Crippen molar-refractivity contribution >= 4 is 11.9 Å². The standard InChI is InChI=1S/C13H15N3O4/c1-8(12(17)16-13(18)15-2)20-10-5-4-9(7-14)6-11(10)19-3/h4-6,8H,1-3H3,(H2,15,16,17,18)/t8-/m1/s1. The van der Waals surface area contributed by atoms with Crippen LogP contribution in [0.2, 0.25) is 0 Å². The molecule has 0 aromatic heterocycles. The van der Waals surface area contributed by atoms with Gasteiger partial charge in [0.15, 0.2) is 17.6 Å². The molecule has 0 aliphatic heterocycles. The smallest absolute Gasteiger partial charge is 0.321 e. The Morgan fingerprint density at radius 2 is 2.05 bits per heavy atom. The molecule has 0 radical (unpaired) electrons. The lowest BCUT2D eigenvalue weighted by Crippen LogP contribution is -2.43. The SMILES string of the molecule is CNC(=O)NC(=O)[C@@H](C)Oc1ccc(C#N)cc1OC. The molecule has 0 fully saturated rings. The Bertz CT molecular complexity index is 551. The van der Waals surface area contributed by atoms with Gasteiger partial charge in [0.1, 0.15) is 0 Å². The Labute approximate surface area is 116 Å². The summed E-state index contributed by atoms with van der Waals surface area (Å²) in [4.78, 5) is 22.7. The highest BCUT2D eigenvalue weighted by atomic mass is 16.5. The molecule has 0 spiro atoms. The third-order valence-electron chi connectivity index (χ3n) is 2.43. The van der Waals surface area contributed by atoms with Crippen LogP contribution < -0.4 is 20.1 Å². The van der Waals surface area contributed by atoms with Gasteiger partial charge in [-0.1, -0.05) is 0 Å². The highest BCUT2D eigenvalue weighted by Crippen LogP contribution is 2.28. The minimum atomic E-state index is -0.894. The number of nitrogens with one attached hydrogen (secondary N) is 2. The topological polar surface area (TPSA) is 100 Å². The number of hydrogen-bond acceptors (Lipinski definition) is 5. The fraction of sp³-hybridized carbons (Fsp3) is 0.308. The first-order valence-corrected chi connectivity index (χ1v) is 5.79. The normalized spacial score (nSPS) is 10.9. The molecule has 7 heteroatoms. The minimum absolute atomic E-state index is 0.311. The number of urea groups is 1. The zero-order chi connectivity index (χ0) is 15.1. The molecule has 106 valence electrons. The van der Waals surface area contributed by atoms with Gasteiger partial charge in [0.25, 0.3) is 5.91 Å². The van der Waals surface area contributed by atoms with Gasteiger partial charge < -0.3 is 14.8 Å². The summed E-state index contributed by atoms with van der Waals surface area (Å²) in [6, 6.07) is 5.93. The molecule has 2 N–H and O–H groups in total. The van der Waals surface area contributed by atoms with Gasteiger partial charge in [0.05, 0.1) is 18.7 Å². The largest absolute Gasteiger partial charge is 0.493 e. The number of carbonyl (C=O) groups is 2. The Hall–Kier alpha value is -2.75. The number of methoxy groups -OCH3 is 1. The third kappa shape index (κ3) is 3.88. The van der Waals surface area contributed by atoms with E-state index < -0.39 is 18.0 Å². The first-order valence-electron chi connectivity index (χ1n) is 5.79. The molecule has 1 atom stereocenters. The van der Waals surface area contributed by atoms with Gasteiger partial charge in [-0.15, -0.1) is 0 Å². The van der Waals surface area contributed by atoms with Crippen LogP contribution in [0.3, 0.4) is 0 Å². The molecule has 0 unspecified atom stereocenters. The van der Waals surface area contributed by atoms with Gasteiger partial charge in [-0.3, -0.25) is 10.1 Å². The molecular formula is C13H15N3O4. The molecule has 7 nitrogen and oxygen atoms in total. The maximum atomic E-state index is 11.6. The van der Waals surface area contributed by atoms with Gasteiger partial charge in [-0.05, 0) is 19.1 Å². The summed E-state index contributed by atoms with van der Waals surface area (Å²) < 4.78 is 10.5. The number of nitrogens with zero attached hydrogens (tertiary/aromatic N) is 1. The van der Waals surface area contributed by atoms with E-state index in [4.69, 9.17) is 14.7 Å². The Kier molecular flexibility index (Phi) is 5.35. The lowest BCUT2D eigenvalue weighted by Gasteiger charge is -2.16.